The Morgan fingerprint density at radius 3 is 2.61 bits per heavy atom. The summed E-state index contributed by atoms with van der Waals surface area (Å²) in [5.41, 5.74) is 0. The molecule has 0 aromatic rings. The molecule has 1 N–H and O–H groups in total. The fourth-order valence-electron chi connectivity index (χ4n) is 3.15. The molecule has 0 aliphatic carbocycles. The summed E-state index contributed by atoms with van der Waals surface area (Å²) in [5, 5.41) is 9.30. The van der Waals surface area contributed by atoms with Crippen LogP contribution in [0.2, 0.25) is 0 Å². The van der Waals surface area contributed by atoms with Gasteiger partial charge in [0.2, 0.25) is 10.0 Å². The fourth-order valence-corrected chi connectivity index (χ4v) is 4.09. The van der Waals surface area contributed by atoms with Crippen molar-refractivity contribution in [3.8, 4) is 0 Å². The molecule has 0 bridgehead atoms. The van der Waals surface area contributed by atoms with Crippen molar-refractivity contribution in [3.63, 3.8) is 0 Å². The second kappa shape index (κ2) is 5.86. The number of sulfonamides is 1. The van der Waals surface area contributed by atoms with E-state index in [1.54, 1.807) is 4.31 Å². The van der Waals surface area contributed by atoms with E-state index in [1.165, 1.54) is 6.26 Å². The molecule has 2 atom stereocenters. The van der Waals surface area contributed by atoms with Crippen LogP contribution in [-0.4, -0.2) is 67.8 Å². The largest absolute Gasteiger partial charge is 0.395 e. The molecule has 0 aromatic heterocycles. The zero-order valence-electron chi connectivity index (χ0n) is 11.1. The maximum Gasteiger partial charge on any atom is 0.211 e. The summed E-state index contributed by atoms with van der Waals surface area (Å²) in [6.45, 7) is 3.51. The second-order valence-corrected chi connectivity index (χ2v) is 7.59. The van der Waals surface area contributed by atoms with E-state index in [0.717, 1.165) is 38.8 Å². The van der Waals surface area contributed by atoms with Gasteiger partial charge in [-0.25, -0.2) is 12.7 Å². The Morgan fingerprint density at radius 2 is 1.94 bits per heavy atom. The van der Waals surface area contributed by atoms with E-state index < -0.39 is 10.0 Å². The maximum absolute atomic E-state index is 11.6. The van der Waals surface area contributed by atoms with Crippen LogP contribution in [0.5, 0.6) is 0 Å². The standard InChI is InChI=1S/C12H24N2O3S/c1-18(16,17)14-7-2-4-11(9-14)8-13-6-3-5-12(13)10-15/h11-12,15H,2-10H2,1H3/t11?,12-/m0/s1. The molecule has 2 rings (SSSR count). The SMILES string of the molecule is CS(=O)(=O)N1CCCC(CN2CCC[C@H]2CO)C1. The van der Waals surface area contributed by atoms with Crippen molar-refractivity contribution < 1.29 is 13.5 Å². The first-order valence-corrected chi connectivity index (χ1v) is 8.65. The van der Waals surface area contributed by atoms with Gasteiger partial charge >= 0.3 is 0 Å². The number of piperidine rings is 1. The number of aliphatic hydroxyl groups is 1. The van der Waals surface area contributed by atoms with E-state index in [0.29, 0.717) is 25.0 Å². The minimum atomic E-state index is -3.05. The first-order chi connectivity index (χ1) is 8.50. The summed E-state index contributed by atoms with van der Waals surface area (Å²) in [7, 11) is -3.05. The fraction of sp³-hybridized carbons (Fsp3) is 1.00. The highest BCUT2D eigenvalue weighted by Crippen LogP contribution is 2.24. The number of hydrogen-bond acceptors (Lipinski definition) is 4. The molecule has 0 aromatic carbocycles. The van der Waals surface area contributed by atoms with Gasteiger partial charge < -0.3 is 5.11 Å². The van der Waals surface area contributed by atoms with Crippen LogP contribution < -0.4 is 0 Å². The Morgan fingerprint density at radius 1 is 1.22 bits per heavy atom. The second-order valence-electron chi connectivity index (χ2n) is 5.60. The van der Waals surface area contributed by atoms with Crippen molar-refractivity contribution in [2.75, 3.05) is 39.0 Å². The number of hydrogen-bond donors (Lipinski definition) is 1. The molecule has 5 nitrogen and oxygen atoms in total. The molecule has 1 unspecified atom stereocenters. The molecule has 18 heavy (non-hydrogen) atoms. The quantitative estimate of drug-likeness (QED) is 0.792. The number of likely N-dealkylation sites (tertiary alicyclic amines) is 1. The summed E-state index contributed by atoms with van der Waals surface area (Å²) in [6.07, 6.45) is 5.56. The molecule has 2 fully saturated rings. The number of nitrogens with zero attached hydrogens (tertiary/aromatic N) is 2. The van der Waals surface area contributed by atoms with Gasteiger partial charge in [0.25, 0.3) is 0 Å². The topological polar surface area (TPSA) is 60.9 Å². The Bertz CT molecular complexity index is 372. The minimum Gasteiger partial charge on any atom is -0.395 e. The Labute approximate surface area is 110 Å². The van der Waals surface area contributed by atoms with E-state index in [1.807, 2.05) is 0 Å². The molecule has 2 saturated heterocycles. The summed E-state index contributed by atoms with van der Waals surface area (Å²) >= 11 is 0. The summed E-state index contributed by atoms with van der Waals surface area (Å²) in [4.78, 5) is 2.33. The monoisotopic (exact) mass is 276 g/mol. The van der Waals surface area contributed by atoms with Gasteiger partial charge in [-0.05, 0) is 38.1 Å². The first-order valence-electron chi connectivity index (χ1n) is 6.80. The summed E-state index contributed by atoms with van der Waals surface area (Å²) in [5.74, 6) is 0.417. The van der Waals surface area contributed by atoms with Crippen LogP contribution in [0.25, 0.3) is 0 Å². The van der Waals surface area contributed by atoms with Crippen molar-refractivity contribution >= 4 is 10.0 Å². The molecule has 0 amide bonds. The van der Waals surface area contributed by atoms with E-state index >= 15 is 0 Å². The molecule has 6 heteroatoms. The van der Waals surface area contributed by atoms with Gasteiger partial charge in [-0.15, -0.1) is 0 Å². The van der Waals surface area contributed by atoms with E-state index in [4.69, 9.17) is 0 Å². The summed E-state index contributed by atoms with van der Waals surface area (Å²) in [6, 6.07) is 0.290. The Hall–Kier alpha value is -0.170. The smallest absolute Gasteiger partial charge is 0.211 e. The normalized spacial score (nSPS) is 31.9. The van der Waals surface area contributed by atoms with Gasteiger partial charge in [0.15, 0.2) is 0 Å². The van der Waals surface area contributed by atoms with Crippen molar-refractivity contribution in [2.24, 2.45) is 5.92 Å². The first kappa shape index (κ1) is 14.2. The lowest BCUT2D eigenvalue weighted by Crippen LogP contribution is -2.44. The molecule has 2 aliphatic heterocycles. The molecule has 2 heterocycles. The van der Waals surface area contributed by atoms with E-state index in [2.05, 4.69) is 4.90 Å². The third-order valence-electron chi connectivity index (χ3n) is 4.15. The van der Waals surface area contributed by atoms with Gasteiger partial charge in [0, 0.05) is 25.7 Å². The van der Waals surface area contributed by atoms with Crippen molar-refractivity contribution in [3.05, 3.63) is 0 Å². The highest BCUT2D eigenvalue weighted by atomic mass is 32.2. The zero-order chi connectivity index (χ0) is 13.2. The number of rotatable bonds is 4. The predicted octanol–water partition coefficient (Wildman–Crippen LogP) is 0.115. The Kier molecular flexibility index (Phi) is 4.64. The predicted molar refractivity (Wildman–Crippen MR) is 70.8 cm³/mol. The van der Waals surface area contributed by atoms with Gasteiger partial charge in [-0.1, -0.05) is 0 Å². The zero-order valence-corrected chi connectivity index (χ0v) is 11.9. The molecule has 0 spiro atoms. The molecular formula is C12H24N2O3S. The van der Waals surface area contributed by atoms with Gasteiger partial charge in [0.1, 0.15) is 0 Å². The van der Waals surface area contributed by atoms with Gasteiger partial charge in [-0.3, -0.25) is 4.90 Å². The van der Waals surface area contributed by atoms with Gasteiger partial charge in [0.05, 0.1) is 12.9 Å². The average molecular weight is 276 g/mol. The van der Waals surface area contributed by atoms with Crippen molar-refractivity contribution in [1.82, 2.24) is 9.21 Å². The van der Waals surface area contributed by atoms with Gasteiger partial charge in [-0.2, -0.15) is 0 Å². The van der Waals surface area contributed by atoms with Crippen LogP contribution in [0.4, 0.5) is 0 Å². The van der Waals surface area contributed by atoms with Crippen LogP contribution in [0, 0.1) is 5.92 Å². The molecule has 106 valence electrons. The van der Waals surface area contributed by atoms with Crippen LogP contribution in [0.15, 0.2) is 0 Å². The van der Waals surface area contributed by atoms with Crippen LogP contribution >= 0.6 is 0 Å². The summed E-state index contributed by atoms with van der Waals surface area (Å²) < 4.78 is 24.7. The lowest BCUT2D eigenvalue weighted by atomic mass is 9.99. The molecular weight excluding hydrogens is 252 g/mol. The third kappa shape index (κ3) is 3.44. The highest BCUT2D eigenvalue weighted by Gasteiger charge is 2.30. The van der Waals surface area contributed by atoms with E-state index in [9.17, 15) is 13.5 Å². The van der Waals surface area contributed by atoms with Crippen LogP contribution in [-0.2, 0) is 10.0 Å². The lowest BCUT2D eigenvalue weighted by molar-refractivity contribution is 0.124. The number of aliphatic hydroxyl groups excluding tert-OH is 1. The van der Waals surface area contributed by atoms with E-state index in [-0.39, 0.29) is 6.61 Å². The highest BCUT2D eigenvalue weighted by molar-refractivity contribution is 7.88. The Balaban J connectivity index is 1.90. The van der Waals surface area contributed by atoms with Crippen LogP contribution in [0.1, 0.15) is 25.7 Å². The van der Waals surface area contributed by atoms with Crippen LogP contribution in [0.3, 0.4) is 0 Å². The van der Waals surface area contributed by atoms with Crippen molar-refractivity contribution in [2.45, 2.75) is 31.7 Å². The van der Waals surface area contributed by atoms with Crippen molar-refractivity contribution in [1.29, 1.82) is 0 Å². The third-order valence-corrected chi connectivity index (χ3v) is 5.42. The molecule has 2 aliphatic rings. The average Bonchev–Trinajstić information content (AvgIpc) is 2.75. The molecule has 0 saturated carbocycles. The lowest BCUT2D eigenvalue weighted by Gasteiger charge is -2.34. The minimum absolute atomic E-state index is 0.225. The maximum atomic E-state index is 11.6. The molecule has 0 radical (unpaired) electrons.